The van der Waals surface area contributed by atoms with Crippen LogP contribution in [0.15, 0.2) is 54.6 Å². The van der Waals surface area contributed by atoms with Gasteiger partial charge in [0, 0.05) is 56.5 Å². The third kappa shape index (κ3) is 8.57. The maximum Gasteiger partial charge on any atom is 0.217 e. The van der Waals surface area contributed by atoms with Crippen molar-refractivity contribution in [2.75, 3.05) is 19.8 Å². The lowest BCUT2D eigenvalue weighted by molar-refractivity contribution is -0.125. The minimum atomic E-state index is -0.927. The number of benzene rings is 2. The lowest BCUT2D eigenvalue weighted by Gasteiger charge is -2.19. The Kier molecular flexibility index (Phi) is 10.7. The van der Waals surface area contributed by atoms with E-state index in [0.717, 1.165) is 11.8 Å². The summed E-state index contributed by atoms with van der Waals surface area (Å²) in [6, 6.07) is 14.9. The highest BCUT2D eigenvalue weighted by atomic mass is 32.2. The van der Waals surface area contributed by atoms with Gasteiger partial charge < -0.3 is 15.6 Å². The maximum absolute atomic E-state index is 12.9. The molecular weight excluding hydrogens is 476 g/mol. The number of hydrogen-bond donors (Lipinski definition) is 3. The Morgan fingerprint density at radius 2 is 1.58 bits per heavy atom. The van der Waals surface area contributed by atoms with Crippen molar-refractivity contribution in [3.05, 3.63) is 71.3 Å². The number of rotatable bonds is 12. The average molecular weight is 509 g/mol. The first kappa shape index (κ1) is 28.6. The van der Waals surface area contributed by atoms with Crippen molar-refractivity contribution in [1.29, 1.82) is 10.8 Å². The minimum Gasteiger partial charge on any atom is -0.366 e. The van der Waals surface area contributed by atoms with Crippen LogP contribution in [-0.2, 0) is 14.4 Å². The van der Waals surface area contributed by atoms with Crippen molar-refractivity contribution >= 4 is 45.9 Å². The van der Waals surface area contributed by atoms with Crippen molar-refractivity contribution < 1.29 is 19.2 Å². The third-order valence-electron chi connectivity index (χ3n) is 5.51. The van der Waals surface area contributed by atoms with Crippen molar-refractivity contribution in [3.8, 4) is 0 Å². The Morgan fingerprint density at radius 3 is 2.19 bits per heavy atom. The van der Waals surface area contributed by atoms with Gasteiger partial charge in [-0.3, -0.25) is 24.6 Å². The number of hydrogen-bond acceptors (Lipinski definition) is 7. The summed E-state index contributed by atoms with van der Waals surface area (Å²) in [5, 5.41) is 18.2. The van der Waals surface area contributed by atoms with E-state index >= 15 is 0 Å². The first-order chi connectivity index (χ1) is 17.0. The summed E-state index contributed by atoms with van der Waals surface area (Å²) in [4.78, 5) is 51.7. The van der Waals surface area contributed by atoms with Gasteiger partial charge in [0.05, 0.1) is 12.0 Å². The molecular formula is C27H32N4O4S. The molecule has 0 unspecified atom stereocenters. The Balaban J connectivity index is 2.04. The van der Waals surface area contributed by atoms with Crippen LogP contribution in [-0.4, -0.2) is 64.9 Å². The standard InChI is InChI=1S/C27H32N4O4S/c1-17(20-11-8-12-21(13-20)26(34)19-9-6-5-7-10-19)27(35)36-16-23(30-18(2)32)24(33)14-22(28)15-25(29)31(3)4/h5-13,17,23,28-29H,14-16H2,1-4H3,(H,30,32)/t17-,23-/m0/s1. The van der Waals surface area contributed by atoms with Gasteiger partial charge in [0.25, 0.3) is 0 Å². The molecule has 0 fully saturated rings. The molecule has 36 heavy (non-hydrogen) atoms. The fraction of sp³-hybridized carbons (Fsp3) is 0.333. The van der Waals surface area contributed by atoms with Gasteiger partial charge in [0.15, 0.2) is 16.7 Å². The minimum absolute atomic E-state index is 0.0304. The third-order valence-corrected chi connectivity index (χ3v) is 6.64. The molecule has 2 rings (SSSR count). The van der Waals surface area contributed by atoms with E-state index in [-0.39, 0.29) is 46.8 Å². The summed E-state index contributed by atoms with van der Waals surface area (Å²) in [7, 11) is 3.38. The van der Waals surface area contributed by atoms with Gasteiger partial charge in [-0.15, -0.1) is 0 Å². The molecule has 2 aromatic carbocycles. The maximum atomic E-state index is 12.9. The average Bonchev–Trinajstić information content (AvgIpc) is 2.85. The predicted octanol–water partition coefficient (Wildman–Crippen LogP) is 3.69. The van der Waals surface area contributed by atoms with E-state index in [1.165, 1.54) is 6.92 Å². The number of thioether (sulfide) groups is 1. The molecule has 9 heteroatoms. The molecule has 0 saturated heterocycles. The number of amidine groups is 1. The zero-order chi connectivity index (χ0) is 26.8. The van der Waals surface area contributed by atoms with Gasteiger partial charge in [-0.1, -0.05) is 67.2 Å². The van der Waals surface area contributed by atoms with Gasteiger partial charge in [-0.2, -0.15) is 0 Å². The van der Waals surface area contributed by atoms with Crippen molar-refractivity contribution in [1.82, 2.24) is 10.2 Å². The zero-order valence-corrected chi connectivity index (χ0v) is 21.8. The number of Topliss-reactive ketones (excluding diaryl/α,β-unsaturated/α-hetero) is 1. The largest absolute Gasteiger partial charge is 0.366 e. The van der Waals surface area contributed by atoms with E-state index in [1.807, 2.05) is 6.07 Å². The summed E-state index contributed by atoms with van der Waals surface area (Å²) in [6.45, 7) is 3.02. The Labute approximate surface area is 215 Å². The van der Waals surface area contributed by atoms with Crippen LogP contribution in [0.3, 0.4) is 0 Å². The van der Waals surface area contributed by atoms with Gasteiger partial charge >= 0.3 is 0 Å². The second kappa shape index (κ2) is 13.5. The van der Waals surface area contributed by atoms with Crippen LogP contribution in [0.4, 0.5) is 0 Å². The Hall–Kier alpha value is -3.59. The van der Waals surface area contributed by atoms with Crippen molar-refractivity contribution in [2.24, 2.45) is 0 Å². The highest BCUT2D eigenvalue weighted by Crippen LogP contribution is 2.25. The molecule has 8 nitrogen and oxygen atoms in total. The molecule has 3 N–H and O–H groups in total. The molecule has 0 radical (unpaired) electrons. The number of carbonyl (C=O) groups is 4. The van der Waals surface area contributed by atoms with Gasteiger partial charge in [-0.05, 0) is 11.6 Å². The molecule has 0 bridgehead atoms. The summed E-state index contributed by atoms with van der Waals surface area (Å²) < 4.78 is 0. The fourth-order valence-electron chi connectivity index (χ4n) is 3.35. The summed E-state index contributed by atoms with van der Waals surface area (Å²) in [6.07, 6.45) is -0.179. The quantitative estimate of drug-likeness (QED) is 0.228. The molecule has 0 spiro atoms. The van der Waals surface area contributed by atoms with Crippen LogP contribution in [0.2, 0.25) is 0 Å². The van der Waals surface area contributed by atoms with Crippen LogP contribution in [0.1, 0.15) is 54.1 Å². The molecule has 0 aliphatic carbocycles. The number of nitrogens with one attached hydrogen (secondary N) is 3. The van der Waals surface area contributed by atoms with E-state index in [0.29, 0.717) is 16.7 Å². The van der Waals surface area contributed by atoms with Crippen LogP contribution in [0, 0.1) is 10.8 Å². The van der Waals surface area contributed by atoms with Crippen molar-refractivity contribution in [3.63, 3.8) is 0 Å². The predicted molar refractivity (Wildman–Crippen MR) is 143 cm³/mol. The second-order valence-corrected chi connectivity index (χ2v) is 9.71. The van der Waals surface area contributed by atoms with Gasteiger partial charge in [0.2, 0.25) is 5.91 Å². The van der Waals surface area contributed by atoms with Crippen LogP contribution < -0.4 is 5.32 Å². The monoisotopic (exact) mass is 508 g/mol. The molecule has 0 heterocycles. The SMILES string of the molecule is CC(=O)N[C@@H](CSC(=O)[C@@H](C)c1cccc(C(=O)c2ccccc2)c1)C(=O)CC(=N)CC(=N)N(C)C. The molecule has 190 valence electrons. The molecule has 1 amide bonds. The Morgan fingerprint density at radius 1 is 0.944 bits per heavy atom. The van der Waals surface area contributed by atoms with Crippen LogP contribution >= 0.6 is 11.8 Å². The second-order valence-electron chi connectivity index (χ2n) is 8.69. The molecule has 0 aliphatic heterocycles. The zero-order valence-electron chi connectivity index (χ0n) is 21.0. The first-order valence-corrected chi connectivity index (χ1v) is 12.4. The molecule has 2 atom stereocenters. The highest BCUT2D eigenvalue weighted by Gasteiger charge is 2.25. The van der Waals surface area contributed by atoms with E-state index < -0.39 is 17.9 Å². The van der Waals surface area contributed by atoms with Crippen LogP contribution in [0.25, 0.3) is 0 Å². The smallest absolute Gasteiger partial charge is 0.217 e. The lowest BCUT2D eigenvalue weighted by Crippen LogP contribution is -2.42. The van der Waals surface area contributed by atoms with Gasteiger partial charge in [0.1, 0.15) is 5.84 Å². The number of nitrogens with zero attached hydrogens (tertiary/aromatic N) is 1. The number of carbonyl (C=O) groups excluding carboxylic acids is 4. The van der Waals surface area contributed by atoms with E-state index in [2.05, 4.69) is 5.32 Å². The number of amides is 1. The first-order valence-electron chi connectivity index (χ1n) is 11.5. The Bertz CT molecular complexity index is 1150. The number of ketones is 2. The van der Waals surface area contributed by atoms with Crippen molar-refractivity contribution in [2.45, 2.75) is 38.6 Å². The topological polar surface area (TPSA) is 131 Å². The summed E-state index contributed by atoms with van der Waals surface area (Å²) in [5.41, 5.74) is 1.79. The van der Waals surface area contributed by atoms with Gasteiger partial charge in [-0.25, -0.2) is 0 Å². The molecule has 0 aromatic heterocycles. The summed E-state index contributed by atoms with van der Waals surface area (Å²) >= 11 is 0.934. The summed E-state index contributed by atoms with van der Waals surface area (Å²) in [5.74, 6) is -1.23. The molecule has 0 aliphatic rings. The van der Waals surface area contributed by atoms with E-state index in [9.17, 15) is 19.2 Å². The van der Waals surface area contributed by atoms with E-state index in [4.69, 9.17) is 10.8 Å². The lowest BCUT2D eigenvalue weighted by atomic mass is 9.96. The normalized spacial score (nSPS) is 12.2. The molecule has 0 saturated carbocycles. The molecule has 2 aromatic rings. The van der Waals surface area contributed by atoms with Crippen LogP contribution in [0.5, 0.6) is 0 Å². The van der Waals surface area contributed by atoms with E-state index in [1.54, 1.807) is 74.4 Å². The highest BCUT2D eigenvalue weighted by molar-refractivity contribution is 8.13. The fourth-order valence-corrected chi connectivity index (χ4v) is 4.33.